The number of hydrogen-bond acceptors (Lipinski definition) is 4. The molecule has 0 radical (unpaired) electrons. The van der Waals surface area contributed by atoms with Crippen molar-refractivity contribution in [3.63, 3.8) is 0 Å². The van der Waals surface area contributed by atoms with Crippen molar-refractivity contribution in [3.05, 3.63) is 35.9 Å². The van der Waals surface area contributed by atoms with Crippen molar-refractivity contribution in [1.82, 2.24) is 9.80 Å². The zero-order valence-electron chi connectivity index (χ0n) is 16.6. The molecule has 4 rings (SSSR count). The summed E-state index contributed by atoms with van der Waals surface area (Å²) < 4.78 is 5.82. The Morgan fingerprint density at radius 2 is 1.78 bits per heavy atom. The number of fused-ring (bicyclic) bond motifs is 2. The summed E-state index contributed by atoms with van der Waals surface area (Å²) in [7, 11) is 0. The standard InChI is InChI=1S/C23H36N2O2/c26-23(18-27-13-8-22-15-20-6-7-21(22)14-20)17-25-11-9-24(10-12-25)16-19-4-2-1-3-5-19/h1-5,20-23,26H,6-18H2/t20-,21-,22-,23-/m0/s1. The topological polar surface area (TPSA) is 35.9 Å². The maximum absolute atomic E-state index is 10.3. The zero-order chi connectivity index (χ0) is 18.5. The lowest BCUT2D eigenvalue weighted by molar-refractivity contribution is 0.00188. The predicted molar refractivity (Wildman–Crippen MR) is 109 cm³/mol. The molecule has 1 N–H and O–H groups in total. The van der Waals surface area contributed by atoms with Crippen LogP contribution in [0.15, 0.2) is 30.3 Å². The van der Waals surface area contributed by atoms with E-state index in [-0.39, 0.29) is 6.10 Å². The molecule has 0 unspecified atom stereocenters. The van der Waals surface area contributed by atoms with E-state index in [4.69, 9.17) is 4.74 Å². The zero-order valence-corrected chi connectivity index (χ0v) is 16.6. The van der Waals surface area contributed by atoms with Crippen molar-refractivity contribution < 1.29 is 9.84 Å². The molecule has 1 aromatic carbocycles. The lowest BCUT2D eigenvalue weighted by atomic mass is 9.87. The van der Waals surface area contributed by atoms with Crippen LogP contribution in [0.3, 0.4) is 0 Å². The van der Waals surface area contributed by atoms with Gasteiger partial charge in [-0.1, -0.05) is 36.8 Å². The van der Waals surface area contributed by atoms with Gasteiger partial charge in [-0.2, -0.15) is 0 Å². The molecule has 0 spiro atoms. The van der Waals surface area contributed by atoms with Gasteiger partial charge in [-0.25, -0.2) is 0 Å². The van der Waals surface area contributed by atoms with Crippen LogP contribution >= 0.6 is 0 Å². The molecule has 2 bridgehead atoms. The van der Waals surface area contributed by atoms with E-state index in [9.17, 15) is 5.11 Å². The molecule has 0 amide bonds. The van der Waals surface area contributed by atoms with Gasteiger partial charge >= 0.3 is 0 Å². The van der Waals surface area contributed by atoms with Gasteiger partial charge in [-0.3, -0.25) is 9.80 Å². The van der Waals surface area contributed by atoms with Gasteiger partial charge in [0.1, 0.15) is 0 Å². The van der Waals surface area contributed by atoms with Crippen molar-refractivity contribution in [1.29, 1.82) is 0 Å². The third-order valence-electron chi connectivity index (χ3n) is 7.01. The Labute approximate surface area is 164 Å². The van der Waals surface area contributed by atoms with Crippen molar-refractivity contribution >= 4 is 0 Å². The quantitative estimate of drug-likeness (QED) is 0.676. The minimum absolute atomic E-state index is 0.356. The van der Waals surface area contributed by atoms with Crippen LogP contribution in [0.25, 0.3) is 0 Å². The smallest absolute Gasteiger partial charge is 0.0900 e. The minimum atomic E-state index is -0.356. The number of piperazine rings is 1. The number of ether oxygens (including phenoxy) is 1. The molecule has 3 aliphatic rings. The van der Waals surface area contributed by atoms with Crippen LogP contribution in [-0.2, 0) is 11.3 Å². The highest BCUT2D eigenvalue weighted by Crippen LogP contribution is 2.49. The molecule has 1 aliphatic heterocycles. The molecule has 2 saturated carbocycles. The average molecular weight is 373 g/mol. The monoisotopic (exact) mass is 372 g/mol. The fraction of sp³-hybridized carbons (Fsp3) is 0.739. The average Bonchev–Trinajstić information content (AvgIpc) is 3.31. The van der Waals surface area contributed by atoms with Gasteiger partial charge in [0.25, 0.3) is 0 Å². The fourth-order valence-corrected chi connectivity index (χ4v) is 5.51. The number of nitrogens with zero attached hydrogens (tertiary/aromatic N) is 2. The number of aliphatic hydroxyl groups excluding tert-OH is 1. The number of rotatable bonds is 9. The van der Waals surface area contributed by atoms with E-state index < -0.39 is 0 Å². The van der Waals surface area contributed by atoms with E-state index in [2.05, 4.69) is 40.1 Å². The van der Waals surface area contributed by atoms with Crippen LogP contribution in [0, 0.1) is 17.8 Å². The van der Waals surface area contributed by atoms with Gasteiger partial charge in [0, 0.05) is 45.9 Å². The fourth-order valence-electron chi connectivity index (χ4n) is 5.51. The van der Waals surface area contributed by atoms with E-state index >= 15 is 0 Å². The van der Waals surface area contributed by atoms with Gasteiger partial charge in [0.05, 0.1) is 12.7 Å². The van der Waals surface area contributed by atoms with Gasteiger partial charge in [0.15, 0.2) is 0 Å². The number of β-amino-alcohol motifs (C(OH)–C–C–N with tert-alkyl or cyclic N) is 1. The second-order valence-corrected chi connectivity index (χ2v) is 9.01. The van der Waals surface area contributed by atoms with Crippen LogP contribution in [0.5, 0.6) is 0 Å². The second kappa shape index (κ2) is 9.51. The summed E-state index contributed by atoms with van der Waals surface area (Å²) in [5, 5.41) is 10.3. The Bertz CT molecular complexity index is 559. The molecule has 4 heteroatoms. The number of hydrogen-bond donors (Lipinski definition) is 1. The summed E-state index contributed by atoms with van der Waals surface area (Å²) in [6.07, 6.45) is 6.68. The van der Waals surface area contributed by atoms with Gasteiger partial charge in [-0.15, -0.1) is 0 Å². The molecule has 0 aromatic heterocycles. The maximum Gasteiger partial charge on any atom is 0.0900 e. The summed E-state index contributed by atoms with van der Waals surface area (Å²) in [5.74, 6) is 2.90. The molecule has 27 heavy (non-hydrogen) atoms. The van der Waals surface area contributed by atoms with E-state index in [0.29, 0.717) is 6.61 Å². The third-order valence-corrected chi connectivity index (χ3v) is 7.01. The Morgan fingerprint density at radius 3 is 2.48 bits per heavy atom. The van der Waals surface area contributed by atoms with Crippen LogP contribution in [0.1, 0.15) is 37.7 Å². The molecule has 1 saturated heterocycles. The Balaban J connectivity index is 1.06. The summed E-state index contributed by atoms with van der Waals surface area (Å²) in [5.41, 5.74) is 1.38. The maximum atomic E-state index is 10.3. The van der Waals surface area contributed by atoms with E-state index in [1.807, 2.05) is 0 Å². The van der Waals surface area contributed by atoms with Crippen molar-refractivity contribution in [2.75, 3.05) is 45.9 Å². The third kappa shape index (κ3) is 5.54. The first-order valence-electron chi connectivity index (χ1n) is 11.0. The highest BCUT2D eigenvalue weighted by Gasteiger charge is 2.38. The van der Waals surface area contributed by atoms with Crippen molar-refractivity contribution in [2.45, 2.75) is 44.8 Å². The summed E-state index contributed by atoms with van der Waals surface area (Å²) in [6, 6.07) is 10.7. The highest BCUT2D eigenvalue weighted by molar-refractivity contribution is 5.14. The lowest BCUT2D eigenvalue weighted by Crippen LogP contribution is -2.48. The molecule has 2 aliphatic carbocycles. The van der Waals surface area contributed by atoms with Gasteiger partial charge in [-0.05, 0) is 49.0 Å². The number of benzene rings is 1. The molecule has 3 fully saturated rings. The summed E-state index contributed by atoms with van der Waals surface area (Å²) in [4.78, 5) is 4.88. The van der Waals surface area contributed by atoms with Crippen LogP contribution in [-0.4, -0.2) is 66.9 Å². The Kier molecular flexibility index (Phi) is 6.82. The lowest BCUT2D eigenvalue weighted by Gasteiger charge is -2.35. The summed E-state index contributed by atoms with van der Waals surface area (Å²) in [6.45, 7) is 7.32. The molecular formula is C23H36N2O2. The molecule has 4 nitrogen and oxygen atoms in total. The van der Waals surface area contributed by atoms with Crippen LogP contribution in [0.2, 0.25) is 0 Å². The normalized spacial score (nSPS) is 30.0. The first kappa shape index (κ1) is 19.4. The SMILES string of the molecule is O[C@H](COCC[C@H]1C[C@H]2CC[C@H]1C2)CN1CCN(Cc2ccccc2)CC1. The van der Waals surface area contributed by atoms with E-state index in [1.165, 1.54) is 37.7 Å². The van der Waals surface area contributed by atoms with Gasteiger partial charge < -0.3 is 9.84 Å². The Hall–Kier alpha value is -0.940. The highest BCUT2D eigenvalue weighted by atomic mass is 16.5. The van der Waals surface area contributed by atoms with E-state index in [0.717, 1.165) is 63.6 Å². The van der Waals surface area contributed by atoms with E-state index in [1.54, 1.807) is 0 Å². The van der Waals surface area contributed by atoms with Crippen LogP contribution < -0.4 is 0 Å². The second-order valence-electron chi connectivity index (χ2n) is 9.01. The van der Waals surface area contributed by atoms with Crippen molar-refractivity contribution in [3.8, 4) is 0 Å². The van der Waals surface area contributed by atoms with Gasteiger partial charge in [0.2, 0.25) is 0 Å². The molecular weight excluding hydrogens is 336 g/mol. The summed E-state index contributed by atoms with van der Waals surface area (Å²) >= 11 is 0. The predicted octanol–water partition coefficient (Wildman–Crippen LogP) is 3.01. The Morgan fingerprint density at radius 1 is 1.00 bits per heavy atom. The van der Waals surface area contributed by atoms with Crippen molar-refractivity contribution in [2.24, 2.45) is 17.8 Å². The molecule has 1 heterocycles. The van der Waals surface area contributed by atoms with Crippen LogP contribution in [0.4, 0.5) is 0 Å². The molecule has 150 valence electrons. The first-order valence-corrected chi connectivity index (χ1v) is 11.0. The first-order chi connectivity index (χ1) is 13.3. The number of aliphatic hydroxyl groups is 1. The minimum Gasteiger partial charge on any atom is -0.389 e. The largest absolute Gasteiger partial charge is 0.389 e. The molecule has 4 atom stereocenters. The molecule has 1 aromatic rings.